The molecule has 5 heteroatoms. The zero-order valence-electron chi connectivity index (χ0n) is 8.24. The number of hydrogen-bond donors (Lipinski definition) is 2. The number of halogens is 1. The fourth-order valence-corrected chi connectivity index (χ4v) is 1.25. The van der Waals surface area contributed by atoms with E-state index in [1.54, 1.807) is 6.07 Å². The Morgan fingerprint density at radius 1 is 1.36 bits per heavy atom. The molecule has 0 radical (unpaired) electrons. The summed E-state index contributed by atoms with van der Waals surface area (Å²) in [4.78, 5) is 1.92. The van der Waals surface area contributed by atoms with Crippen LogP contribution in [0.3, 0.4) is 0 Å². The first-order valence-corrected chi connectivity index (χ1v) is 4.30. The van der Waals surface area contributed by atoms with E-state index in [-0.39, 0.29) is 5.46 Å². The Labute approximate surface area is 82.9 Å². The third-order valence-electron chi connectivity index (χ3n) is 1.84. The molecule has 0 aliphatic rings. The van der Waals surface area contributed by atoms with Gasteiger partial charge in [-0.2, -0.15) is 0 Å². The van der Waals surface area contributed by atoms with Gasteiger partial charge >= 0.3 is 7.12 Å². The number of hydrogen-bond acceptors (Lipinski definition) is 3. The normalized spacial score (nSPS) is 10.7. The fraction of sp³-hybridized carbons (Fsp3) is 0.333. The molecule has 1 rings (SSSR count). The lowest BCUT2D eigenvalue weighted by Gasteiger charge is -2.11. The quantitative estimate of drug-likeness (QED) is 0.646. The van der Waals surface area contributed by atoms with Crippen molar-refractivity contribution in [2.24, 2.45) is 0 Å². The highest BCUT2D eigenvalue weighted by Gasteiger charge is 2.16. The van der Waals surface area contributed by atoms with Gasteiger partial charge in [-0.05, 0) is 25.7 Å². The van der Waals surface area contributed by atoms with E-state index in [0.29, 0.717) is 6.54 Å². The van der Waals surface area contributed by atoms with E-state index in [0.717, 1.165) is 5.56 Å². The maximum atomic E-state index is 13.0. The fourth-order valence-electron chi connectivity index (χ4n) is 1.25. The van der Waals surface area contributed by atoms with Gasteiger partial charge in [0, 0.05) is 12.0 Å². The first-order chi connectivity index (χ1) is 6.50. The highest BCUT2D eigenvalue weighted by molar-refractivity contribution is 6.58. The van der Waals surface area contributed by atoms with Crippen molar-refractivity contribution in [3.05, 3.63) is 29.6 Å². The highest BCUT2D eigenvalue weighted by Crippen LogP contribution is 2.03. The van der Waals surface area contributed by atoms with Crippen LogP contribution in [-0.2, 0) is 6.54 Å². The molecule has 0 unspecified atom stereocenters. The Morgan fingerprint density at radius 3 is 2.50 bits per heavy atom. The number of nitrogens with zero attached hydrogens (tertiary/aromatic N) is 1. The summed E-state index contributed by atoms with van der Waals surface area (Å²) in [5, 5.41) is 17.7. The van der Waals surface area contributed by atoms with Gasteiger partial charge in [0.15, 0.2) is 0 Å². The van der Waals surface area contributed by atoms with Crippen LogP contribution >= 0.6 is 0 Å². The van der Waals surface area contributed by atoms with Crippen molar-refractivity contribution in [1.29, 1.82) is 0 Å². The molecule has 0 fully saturated rings. The first-order valence-electron chi connectivity index (χ1n) is 4.30. The van der Waals surface area contributed by atoms with Crippen molar-refractivity contribution < 1.29 is 14.4 Å². The predicted octanol–water partition coefficient (Wildman–Crippen LogP) is -0.433. The Bertz CT molecular complexity index is 318. The van der Waals surface area contributed by atoms with Gasteiger partial charge in [-0.25, -0.2) is 4.39 Å². The predicted molar refractivity (Wildman–Crippen MR) is 53.6 cm³/mol. The molecule has 0 saturated heterocycles. The summed E-state index contributed by atoms with van der Waals surface area (Å²) in [5.41, 5.74) is 0.767. The molecule has 3 nitrogen and oxygen atoms in total. The van der Waals surface area contributed by atoms with Gasteiger partial charge in [-0.1, -0.05) is 12.1 Å². The first kappa shape index (κ1) is 11.2. The van der Waals surface area contributed by atoms with Gasteiger partial charge in [0.25, 0.3) is 0 Å². The van der Waals surface area contributed by atoms with Crippen LogP contribution in [-0.4, -0.2) is 36.2 Å². The zero-order valence-corrected chi connectivity index (χ0v) is 8.24. The summed E-state index contributed by atoms with van der Waals surface area (Å²) < 4.78 is 13.0. The summed E-state index contributed by atoms with van der Waals surface area (Å²) in [7, 11) is 2.02. The molecule has 1 aromatic carbocycles. The zero-order chi connectivity index (χ0) is 10.7. The van der Waals surface area contributed by atoms with Crippen LogP contribution in [0.15, 0.2) is 18.2 Å². The molecule has 2 N–H and O–H groups in total. The topological polar surface area (TPSA) is 43.7 Å². The second kappa shape index (κ2) is 4.55. The van der Waals surface area contributed by atoms with Crippen LogP contribution in [0.1, 0.15) is 5.56 Å². The lowest BCUT2D eigenvalue weighted by atomic mass is 9.79. The van der Waals surface area contributed by atoms with E-state index in [1.165, 1.54) is 12.1 Å². The van der Waals surface area contributed by atoms with E-state index >= 15 is 0 Å². The van der Waals surface area contributed by atoms with Crippen molar-refractivity contribution >= 4 is 12.6 Å². The van der Waals surface area contributed by atoms with Gasteiger partial charge in [0.1, 0.15) is 5.82 Å². The molecule has 0 aliphatic carbocycles. The van der Waals surface area contributed by atoms with Crippen LogP contribution in [0.4, 0.5) is 4.39 Å². The van der Waals surface area contributed by atoms with Crippen molar-refractivity contribution in [1.82, 2.24) is 4.90 Å². The van der Waals surface area contributed by atoms with E-state index in [1.807, 2.05) is 19.0 Å². The smallest absolute Gasteiger partial charge is 0.423 e. The molecule has 0 aromatic heterocycles. The van der Waals surface area contributed by atoms with Gasteiger partial charge in [0.2, 0.25) is 0 Å². The number of rotatable bonds is 3. The third kappa shape index (κ3) is 2.80. The Kier molecular flexibility index (Phi) is 3.63. The molecule has 0 spiro atoms. The van der Waals surface area contributed by atoms with Crippen LogP contribution < -0.4 is 5.46 Å². The van der Waals surface area contributed by atoms with Crippen molar-refractivity contribution in [2.45, 2.75) is 6.54 Å². The summed E-state index contributed by atoms with van der Waals surface area (Å²) >= 11 is 0. The van der Waals surface area contributed by atoms with Crippen LogP contribution in [0.5, 0.6) is 0 Å². The molecule has 14 heavy (non-hydrogen) atoms. The average Bonchev–Trinajstić information content (AvgIpc) is 2.07. The van der Waals surface area contributed by atoms with Gasteiger partial charge < -0.3 is 14.9 Å². The van der Waals surface area contributed by atoms with E-state index < -0.39 is 12.9 Å². The lowest BCUT2D eigenvalue weighted by molar-refractivity contribution is 0.401. The van der Waals surface area contributed by atoms with Gasteiger partial charge in [0.05, 0.1) is 0 Å². The summed E-state index contributed by atoms with van der Waals surface area (Å²) in [6.07, 6.45) is 0. The van der Waals surface area contributed by atoms with Gasteiger partial charge in [-0.3, -0.25) is 0 Å². The van der Waals surface area contributed by atoms with Crippen molar-refractivity contribution in [2.75, 3.05) is 14.1 Å². The van der Waals surface area contributed by atoms with E-state index in [4.69, 9.17) is 10.0 Å². The second-order valence-electron chi connectivity index (χ2n) is 3.47. The second-order valence-corrected chi connectivity index (χ2v) is 3.47. The summed E-state index contributed by atoms with van der Waals surface area (Å²) in [5.74, 6) is -0.595. The van der Waals surface area contributed by atoms with Crippen LogP contribution in [0.25, 0.3) is 0 Å². The molecular weight excluding hydrogens is 184 g/mol. The molecular formula is C9H13BFNO2. The van der Waals surface area contributed by atoms with E-state index in [2.05, 4.69) is 0 Å². The Hall–Kier alpha value is -0.905. The highest BCUT2D eigenvalue weighted by atomic mass is 19.1. The standard InChI is InChI=1S/C9H13BFNO2/c1-12(2)6-7-3-4-9(11)8(5-7)10(13)14/h3-5,13-14H,6H2,1-2H3. The van der Waals surface area contributed by atoms with E-state index in [9.17, 15) is 4.39 Å². The molecule has 0 atom stereocenters. The van der Waals surface area contributed by atoms with Crippen LogP contribution in [0.2, 0.25) is 0 Å². The molecule has 76 valence electrons. The van der Waals surface area contributed by atoms with Crippen molar-refractivity contribution in [3.63, 3.8) is 0 Å². The lowest BCUT2D eigenvalue weighted by Crippen LogP contribution is -2.33. The largest absolute Gasteiger partial charge is 0.491 e. The SMILES string of the molecule is CN(C)Cc1ccc(F)c(B(O)O)c1. The van der Waals surface area contributed by atoms with Gasteiger partial charge in [-0.15, -0.1) is 0 Å². The maximum Gasteiger partial charge on any atom is 0.491 e. The maximum absolute atomic E-state index is 13.0. The minimum atomic E-state index is -1.75. The summed E-state index contributed by atoms with van der Waals surface area (Å²) in [6, 6.07) is 4.33. The minimum Gasteiger partial charge on any atom is -0.423 e. The molecule has 0 saturated carbocycles. The summed E-state index contributed by atoms with van der Waals surface area (Å²) in [6.45, 7) is 0.639. The average molecular weight is 197 g/mol. The molecule has 0 aliphatic heterocycles. The minimum absolute atomic E-state index is 0.0793. The molecule has 0 amide bonds. The monoisotopic (exact) mass is 197 g/mol. The van der Waals surface area contributed by atoms with Crippen molar-refractivity contribution in [3.8, 4) is 0 Å². The molecule has 0 heterocycles. The molecule has 0 bridgehead atoms. The molecule has 1 aromatic rings. The number of benzene rings is 1. The Morgan fingerprint density at radius 2 is 2.00 bits per heavy atom. The Balaban J connectivity index is 2.94. The third-order valence-corrected chi connectivity index (χ3v) is 1.84. The van der Waals surface area contributed by atoms with Crippen LogP contribution in [0, 0.1) is 5.82 Å².